The average molecular weight is 721 g/mol. The van der Waals surface area contributed by atoms with Crippen molar-refractivity contribution in [3.05, 3.63) is 206 Å². The molecule has 0 aliphatic heterocycles. The van der Waals surface area contributed by atoms with Gasteiger partial charge in [-0.05, 0) is 77.8 Å². The van der Waals surface area contributed by atoms with Crippen molar-refractivity contribution in [3.8, 4) is 56.4 Å². The summed E-state index contributed by atoms with van der Waals surface area (Å²) in [6.45, 7) is 0. The van der Waals surface area contributed by atoms with Crippen LogP contribution in [0.3, 0.4) is 0 Å². The molecule has 3 aromatic heterocycles. The van der Waals surface area contributed by atoms with E-state index in [1.165, 1.54) is 6.07 Å². The summed E-state index contributed by atoms with van der Waals surface area (Å²) in [4.78, 5) is 9.97. The fraction of sp³-hybridized carbons (Fsp3) is 0. The summed E-state index contributed by atoms with van der Waals surface area (Å²) >= 11 is 0. The van der Waals surface area contributed by atoms with E-state index >= 15 is 0 Å². The second-order valence-corrected chi connectivity index (χ2v) is 13.8. The van der Waals surface area contributed by atoms with E-state index in [1.807, 2.05) is 115 Å². The molecule has 56 heavy (non-hydrogen) atoms. The van der Waals surface area contributed by atoms with Gasteiger partial charge in [-0.25, -0.2) is 9.97 Å². The van der Waals surface area contributed by atoms with Crippen molar-refractivity contribution in [2.24, 2.45) is 0 Å². The Hall–Kier alpha value is -7.56. The van der Waals surface area contributed by atoms with Crippen LogP contribution in [0.2, 0.25) is 0 Å². The molecule has 0 aliphatic rings. The number of benzene rings is 8. The van der Waals surface area contributed by atoms with E-state index in [0.29, 0.717) is 38.9 Å². The van der Waals surface area contributed by atoms with Gasteiger partial charge < -0.3 is 9.13 Å². The molecule has 0 N–H and O–H groups in total. The monoisotopic (exact) mass is 720 g/mol. The minimum Gasteiger partial charge on any atom is -0.309 e. The summed E-state index contributed by atoms with van der Waals surface area (Å²) in [7, 11) is 0. The van der Waals surface area contributed by atoms with Crippen molar-refractivity contribution < 1.29 is 8.22 Å². The topological polar surface area (TPSA) is 35.6 Å². The van der Waals surface area contributed by atoms with E-state index in [1.54, 1.807) is 4.57 Å². The third-order valence-electron chi connectivity index (χ3n) is 10.5. The van der Waals surface area contributed by atoms with Crippen LogP contribution in [0.4, 0.5) is 0 Å². The third kappa shape index (κ3) is 5.31. The number of hydrogen-bond acceptors (Lipinski definition) is 2. The molecular formula is C52H34N4. The minimum atomic E-state index is -0.250. The van der Waals surface area contributed by atoms with Gasteiger partial charge in [0, 0.05) is 49.6 Å². The van der Waals surface area contributed by atoms with E-state index in [2.05, 4.69) is 53.1 Å². The lowest BCUT2D eigenvalue weighted by molar-refractivity contribution is 1.17. The van der Waals surface area contributed by atoms with Gasteiger partial charge >= 0.3 is 0 Å². The van der Waals surface area contributed by atoms with Crippen molar-refractivity contribution >= 4 is 43.6 Å². The van der Waals surface area contributed by atoms with Crippen LogP contribution < -0.4 is 0 Å². The first kappa shape index (κ1) is 26.3. The molecule has 0 atom stereocenters. The van der Waals surface area contributed by atoms with E-state index in [9.17, 15) is 4.11 Å². The maximum absolute atomic E-state index is 9.70. The first-order valence-corrected chi connectivity index (χ1v) is 18.5. The fourth-order valence-electron chi connectivity index (χ4n) is 7.82. The average Bonchev–Trinajstić information content (AvgIpc) is 3.84. The normalized spacial score (nSPS) is 13.1. The maximum atomic E-state index is 9.70. The Labute approximate surface area is 332 Å². The number of fused-ring (bicyclic) bond motifs is 6. The molecule has 0 saturated carbocycles. The van der Waals surface area contributed by atoms with Gasteiger partial charge in [0.2, 0.25) is 0 Å². The Bertz CT molecular complexity index is 3510. The maximum Gasteiger partial charge on any atom is 0.160 e. The standard InChI is InChI=1S/C52H34N4/c1-4-14-35(15-5-1)46-34-47(54-52(53-46)37-16-6-2-7-17-37)36-24-28-41(29-25-36)56-49-23-13-11-21-43(49)45-33-39(27-31-51(45)56)38-26-30-50-44(32-38)42-20-10-12-22-48(42)55(50)40-18-8-3-9-19-40/h1-34H/i10D,12D,20D,26D,30D,32D. The fourth-order valence-corrected chi connectivity index (χ4v) is 7.82. The Morgan fingerprint density at radius 3 is 1.71 bits per heavy atom. The molecule has 4 heteroatoms. The van der Waals surface area contributed by atoms with E-state index in [4.69, 9.17) is 14.1 Å². The lowest BCUT2D eigenvalue weighted by atomic mass is 10.0. The molecule has 0 saturated heterocycles. The largest absolute Gasteiger partial charge is 0.309 e. The van der Waals surface area contributed by atoms with Crippen molar-refractivity contribution in [1.29, 1.82) is 0 Å². The zero-order chi connectivity index (χ0) is 42.2. The lowest BCUT2D eigenvalue weighted by Crippen LogP contribution is -1.97. The number of hydrogen-bond donors (Lipinski definition) is 0. The molecule has 0 unspecified atom stereocenters. The van der Waals surface area contributed by atoms with E-state index in [-0.39, 0.29) is 41.8 Å². The molecule has 0 spiro atoms. The van der Waals surface area contributed by atoms with Gasteiger partial charge in [0.25, 0.3) is 0 Å². The molecule has 262 valence electrons. The van der Waals surface area contributed by atoms with Gasteiger partial charge in [-0.1, -0.05) is 139 Å². The summed E-state index contributed by atoms with van der Waals surface area (Å²) in [5.74, 6) is 0.651. The predicted molar refractivity (Wildman–Crippen MR) is 232 cm³/mol. The highest BCUT2D eigenvalue weighted by molar-refractivity contribution is 6.12. The SMILES string of the molecule is [2H]c1cc2c(c([2H])c1[2H])c1c([2H])c(-c3ccc4c(c3)c3ccccc3n4-c3ccc(-c4cc(-c5ccccc5)nc(-c5ccccc5)n4)cc3)c([2H])c([2H])c1n2-c1ccccc1. The Morgan fingerprint density at radius 2 is 0.946 bits per heavy atom. The Balaban J connectivity index is 1.07. The molecule has 0 aliphatic carbocycles. The Morgan fingerprint density at radius 1 is 0.357 bits per heavy atom. The van der Waals surface area contributed by atoms with Crippen molar-refractivity contribution in [3.63, 3.8) is 0 Å². The second kappa shape index (κ2) is 13.1. The number of para-hydroxylation sites is 3. The summed E-state index contributed by atoms with van der Waals surface area (Å²) in [5.41, 5.74) is 9.71. The third-order valence-corrected chi connectivity index (χ3v) is 10.5. The molecule has 0 radical (unpaired) electrons. The molecule has 11 aromatic rings. The van der Waals surface area contributed by atoms with Crippen LogP contribution in [0.25, 0.3) is 100 Å². The number of aromatic nitrogens is 4. The van der Waals surface area contributed by atoms with Gasteiger partial charge in [0.05, 0.1) is 41.7 Å². The minimum absolute atomic E-state index is 0.000513. The number of nitrogens with zero attached hydrogens (tertiary/aromatic N) is 4. The van der Waals surface area contributed by atoms with Crippen LogP contribution in [0.15, 0.2) is 206 Å². The number of rotatable bonds is 6. The molecule has 3 heterocycles. The lowest BCUT2D eigenvalue weighted by Gasteiger charge is -2.12. The van der Waals surface area contributed by atoms with Crippen LogP contribution in [-0.2, 0) is 0 Å². The van der Waals surface area contributed by atoms with Gasteiger partial charge in [-0.3, -0.25) is 0 Å². The summed E-state index contributed by atoms with van der Waals surface area (Å²) in [6.07, 6.45) is 0. The molecule has 8 aromatic carbocycles. The molecule has 0 bridgehead atoms. The van der Waals surface area contributed by atoms with Crippen LogP contribution in [0, 0.1) is 0 Å². The summed E-state index contributed by atoms with van der Waals surface area (Å²) < 4.78 is 58.5. The van der Waals surface area contributed by atoms with Gasteiger partial charge in [0.15, 0.2) is 5.82 Å². The predicted octanol–water partition coefficient (Wildman–Crippen LogP) is 13.3. The van der Waals surface area contributed by atoms with Gasteiger partial charge in [-0.2, -0.15) is 0 Å². The van der Waals surface area contributed by atoms with Gasteiger partial charge in [0.1, 0.15) is 0 Å². The van der Waals surface area contributed by atoms with Crippen molar-refractivity contribution in [2.75, 3.05) is 0 Å². The van der Waals surface area contributed by atoms with E-state index < -0.39 is 0 Å². The van der Waals surface area contributed by atoms with Crippen LogP contribution in [0.1, 0.15) is 8.22 Å². The highest BCUT2D eigenvalue weighted by Crippen LogP contribution is 2.38. The zero-order valence-corrected chi connectivity index (χ0v) is 30.0. The molecule has 0 amide bonds. The zero-order valence-electron chi connectivity index (χ0n) is 36.0. The van der Waals surface area contributed by atoms with Crippen LogP contribution >= 0.6 is 0 Å². The van der Waals surface area contributed by atoms with Crippen molar-refractivity contribution in [2.45, 2.75) is 0 Å². The Kier molecular flexibility index (Phi) is 6.13. The first-order valence-electron chi connectivity index (χ1n) is 21.5. The van der Waals surface area contributed by atoms with E-state index in [0.717, 1.165) is 55.6 Å². The molecular weight excluding hydrogens is 681 g/mol. The summed E-state index contributed by atoms with van der Waals surface area (Å²) in [5, 5.41) is 2.55. The molecule has 0 fully saturated rings. The van der Waals surface area contributed by atoms with Crippen LogP contribution in [0.5, 0.6) is 0 Å². The highest BCUT2D eigenvalue weighted by Gasteiger charge is 2.17. The quantitative estimate of drug-likeness (QED) is 0.171. The highest BCUT2D eigenvalue weighted by atomic mass is 15.0. The molecule has 4 nitrogen and oxygen atoms in total. The first-order chi connectivity index (χ1) is 30.3. The summed E-state index contributed by atoms with van der Waals surface area (Å²) in [6, 6.07) is 54.6. The van der Waals surface area contributed by atoms with Gasteiger partial charge in [-0.15, -0.1) is 0 Å². The second-order valence-electron chi connectivity index (χ2n) is 13.8. The van der Waals surface area contributed by atoms with Crippen molar-refractivity contribution in [1.82, 2.24) is 19.1 Å². The smallest absolute Gasteiger partial charge is 0.160 e. The van der Waals surface area contributed by atoms with Crippen LogP contribution in [-0.4, -0.2) is 19.1 Å². The molecule has 11 rings (SSSR count).